The maximum absolute atomic E-state index is 12.1. The molecule has 134 valence electrons. The Morgan fingerprint density at radius 1 is 1.16 bits per heavy atom. The third kappa shape index (κ3) is 6.47. The number of hydrogen-bond acceptors (Lipinski definition) is 4. The number of nitrogen functional groups attached to an aromatic ring is 1. The summed E-state index contributed by atoms with van der Waals surface area (Å²) in [5.74, 6) is 0.267. The predicted molar refractivity (Wildman–Crippen MR) is 101 cm³/mol. The van der Waals surface area contributed by atoms with Crippen molar-refractivity contribution in [2.24, 2.45) is 0 Å². The fraction of sp³-hybridized carbons (Fsp3) is 0.263. The first-order chi connectivity index (χ1) is 11.5. The molecule has 2 rings (SSSR count). The van der Waals surface area contributed by atoms with Crippen molar-refractivity contribution in [1.82, 2.24) is 5.32 Å². The molecule has 1 amide bonds. The van der Waals surface area contributed by atoms with E-state index in [1.54, 1.807) is 31.2 Å². The third-order valence-electron chi connectivity index (χ3n) is 3.62. The lowest BCUT2D eigenvalue weighted by Gasteiger charge is -2.15. The summed E-state index contributed by atoms with van der Waals surface area (Å²) < 4.78 is 5.60. The number of ether oxygens (including phenoxy) is 1. The van der Waals surface area contributed by atoms with Gasteiger partial charge in [-0.3, -0.25) is 9.59 Å². The van der Waals surface area contributed by atoms with E-state index in [4.69, 9.17) is 10.5 Å². The van der Waals surface area contributed by atoms with E-state index < -0.39 is 6.10 Å². The van der Waals surface area contributed by atoms with Crippen molar-refractivity contribution in [2.45, 2.75) is 26.4 Å². The summed E-state index contributed by atoms with van der Waals surface area (Å²) in [5.41, 5.74) is 8.02. The molecule has 0 aromatic heterocycles. The van der Waals surface area contributed by atoms with Gasteiger partial charge in [-0.2, -0.15) is 0 Å². The van der Waals surface area contributed by atoms with E-state index >= 15 is 0 Å². The summed E-state index contributed by atoms with van der Waals surface area (Å²) in [4.78, 5) is 23.5. The number of anilines is 1. The van der Waals surface area contributed by atoms with Crippen LogP contribution < -0.4 is 15.8 Å². The first-order valence-corrected chi connectivity index (χ1v) is 7.85. The standard InChI is InChI=1S/C19H22N2O3.ClH/c1-13(22)16-4-3-5-18(12-16)24-14(2)19(23)21-11-10-15-6-8-17(20)9-7-15;/h3-9,12,14H,10-11,20H2,1-2H3,(H,21,23);1H. The summed E-state index contributed by atoms with van der Waals surface area (Å²) in [6.07, 6.45) is 0.0806. The molecule has 0 bridgehead atoms. The topological polar surface area (TPSA) is 81.4 Å². The Labute approximate surface area is 154 Å². The number of amides is 1. The zero-order chi connectivity index (χ0) is 17.5. The van der Waals surface area contributed by atoms with E-state index in [0.717, 1.165) is 17.7 Å². The van der Waals surface area contributed by atoms with Gasteiger partial charge in [0.15, 0.2) is 11.9 Å². The van der Waals surface area contributed by atoms with Gasteiger partial charge < -0.3 is 15.8 Å². The van der Waals surface area contributed by atoms with Crippen LogP contribution in [-0.2, 0) is 11.2 Å². The minimum absolute atomic E-state index is 0. The molecule has 0 fully saturated rings. The Kier molecular flexibility index (Phi) is 7.95. The number of rotatable bonds is 7. The monoisotopic (exact) mass is 362 g/mol. The van der Waals surface area contributed by atoms with Crippen LogP contribution in [0, 0.1) is 0 Å². The Bertz CT molecular complexity index is 717. The predicted octanol–water partition coefficient (Wildman–Crippen LogP) is 3.02. The van der Waals surface area contributed by atoms with Crippen LogP contribution >= 0.6 is 12.4 Å². The first kappa shape index (κ1) is 20.5. The van der Waals surface area contributed by atoms with E-state index in [0.29, 0.717) is 17.9 Å². The van der Waals surface area contributed by atoms with Gasteiger partial charge in [-0.25, -0.2) is 0 Å². The fourth-order valence-electron chi connectivity index (χ4n) is 2.20. The smallest absolute Gasteiger partial charge is 0.260 e. The summed E-state index contributed by atoms with van der Waals surface area (Å²) in [6, 6.07) is 14.4. The highest BCUT2D eigenvalue weighted by molar-refractivity contribution is 5.94. The second-order valence-electron chi connectivity index (χ2n) is 5.63. The van der Waals surface area contributed by atoms with Crippen LogP contribution in [0.15, 0.2) is 48.5 Å². The van der Waals surface area contributed by atoms with Crippen molar-refractivity contribution in [1.29, 1.82) is 0 Å². The SMILES string of the molecule is CC(=O)c1cccc(OC(C)C(=O)NCCc2ccc(N)cc2)c1.Cl. The third-order valence-corrected chi connectivity index (χ3v) is 3.62. The van der Waals surface area contributed by atoms with Crippen LogP contribution in [0.4, 0.5) is 5.69 Å². The Balaban J connectivity index is 0.00000312. The number of benzene rings is 2. The average molecular weight is 363 g/mol. The molecule has 0 aliphatic carbocycles. The molecule has 0 saturated carbocycles. The zero-order valence-corrected chi connectivity index (χ0v) is 15.1. The van der Waals surface area contributed by atoms with E-state index in [1.165, 1.54) is 6.92 Å². The van der Waals surface area contributed by atoms with Gasteiger partial charge in [0.2, 0.25) is 0 Å². The van der Waals surface area contributed by atoms with Crippen LogP contribution in [0.5, 0.6) is 5.75 Å². The van der Waals surface area contributed by atoms with Crippen LogP contribution in [0.3, 0.4) is 0 Å². The molecular weight excluding hydrogens is 340 g/mol. The highest BCUT2D eigenvalue weighted by Gasteiger charge is 2.14. The lowest BCUT2D eigenvalue weighted by molar-refractivity contribution is -0.127. The molecule has 3 N–H and O–H groups in total. The molecule has 25 heavy (non-hydrogen) atoms. The van der Waals surface area contributed by atoms with Gasteiger partial charge >= 0.3 is 0 Å². The molecule has 0 spiro atoms. The largest absolute Gasteiger partial charge is 0.481 e. The second kappa shape index (κ2) is 9.69. The number of hydrogen-bond donors (Lipinski definition) is 2. The summed E-state index contributed by atoms with van der Waals surface area (Å²) in [5, 5.41) is 2.84. The van der Waals surface area contributed by atoms with E-state index in [9.17, 15) is 9.59 Å². The second-order valence-corrected chi connectivity index (χ2v) is 5.63. The average Bonchev–Trinajstić information content (AvgIpc) is 2.56. The molecule has 0 aliphatic heterocycles. The minimum atomic E-state index is -0.640. The maximum atomic E-state index is 12.1. The molecule has 1 unspecified atom stereocenters. The lowest BCUT2D eigenvalue weighted by Crippen LogP contribution is -2.37. The molecule has 2 aromatic carbocycles. The highest BCUT2D eigenvalue weighted by Crippen LogP contribution is 2.15. The molecular formula is C19H23ClN2O3. The lowest BCUT2D eigenvalue weighted by atomic mass is 10.1. The van der Waals surface area contributed by atoms with Crippen molar-refractivity contribution < 1.29 is 14.3 Å². The van der Waals surface area contributed by atoms with Gasteiger partial charge in [0, 0.05) is 17.8 Å². The maximum Gasteiger partial charge on any atom is 0.260 e. The van der Waals surface area contributed by atoms with Crippen molar-refractivity contribution in [3.05, 3.63) is 59.7 Å². The minimum Gasteiger partial charge on any atom is -0.481 e. The zero-order valence-electron chi connectivity index (χ0n) is 14.3. The Morgan fingerprint density at radius 2 is 1.84 bits per heavy atom. The normalized spacial score (nSPS) is 11.1. The molecule has 1 atom stereocenters. The number of nitrogens with one attached hydrogen (secondary N) is 1. The first-order valence-electron chi connectivity index (χ1n) is 7.85. The summed E-state index contributed by atoms with van der Waals surface area (Å²) >= 11 is 0. The summed E-state index contributed by atoms with van der Waals surface area (Å²) in [6.45, 7) is 3.69. The fourth-order valence-corrected chi connectivity index (χ4v) is 2.20. The van der Waals surface area contributed by atoms with Crippen molar-refractivity contribution in [2.75, 3.05) is 12.3 Å². The Hall–Kier alpha value is -2.53. The summed E-state index contributed by atoms with van der Waals surface area (Å²) in [7, 11) is 0. The van der Waals surface area contributed by atoms with Gasteiger partial charge in [-0.15, -0.1) is 12.4 Å². The highest BCUT2D eigenvalue weighted by atomic mass is 35.5. The van der Waals surface area contributed by atoms with E-state index in [1.807, 2.05) is 24.3 Å². The number of Topliss-reactive ketones (excluding diaryl/α,β-unsaturated/α-hetero) is 1. The van der Waals surface area contributed by atoms with Crippen molar-refractivity contribution in [3.8, 4) is 5.75 Å². The van der Waals surface area contributed by atoms with Gasteiger partial charge in [-0.05, 0) is 50.1 Å². The van der Waals surface area contributed by atoms with Gasteiger partial charge in [-0.1, -0.05) is 24.3 Å². The van der Waals surface area contributed by atoms with Crippen LogP contribution in [-0.4, -0.2) is 24.3 Å². The van der Waals surface area contributed by atoms with Gasteiger partial charge in [0.1, 0.15) is 5.75 Å². The quantitative estimate of drug-likeness (QED) is 0.586. The van der Waals surface area contributed by atoms with E-state index in [-0.39, 0.29) is 24.1 Å². The molecule has 0 heterocycles. The number of carbonyl (C=O) groups excluding carboxylic acids is 2. The molecule has 0 aliphatic rings. The van der Waals surface area contributed by atoms with Gasteiger partial charge in [0.25, 0.3) is 5.91 Å². The molecule has 0 radical (unpaired) electrons. The Morgan fingerprint density at radius 3 is 2.48 bits per heavy atom. The molecule has 2 aromatic rings. The number of halogens is 1. The van der Waals surface area contributed by atoms with Crippen LogP contribution in [0.1, 0.15) is 29.8 Å². The number of nitrogens with two attached hydrogens (primary N) is 1. The van der Waals surface area contributed by atoms with Crippen LogP contribution in [0.2, 0.25) is 0 Å². The molecule has 0 saturated heterocycles. The van der Waals surface area contributed by atoms with Crippen LogP contribution in [0.25, 0.3) is 0 Å². The molecule has 5 nitrogen and oxygen atoms in total. The van der Waals surface area contributed by atoms with E-state index in [2.05, 4.69) is 5.32 Å². The van der Waals surface area contributed by atoms with Crippen molar-refractivity contribution in [3.63, 3.8) is 0 Å². The number of carbonyl (C=O) groups is 2. The molecule has 6 heteroatoms. The number of ketones is 1. The van der Waals surface area contributed by atoms with Gasteiger partial charge in [0.05, 0.1) is 0 Å². The van der Waals surface area contributed by atoms with Crippen molar-refractivity contribution >= 4 is 29.8 Å².